The van der Waals surface area contributed by atoms with E-state index in [-0.39, 0.29) is 28.7 Å². The van der Waals surface area contributed by atoms with Crippen molar-refractivity contribution in [2.75, 3.05) is 17.2 Å². The van der Waals surface area contributed by atoms with Crippen molar-refractivity contribution in [2.45, 2.75) is 33.9 Å². The minimum absolute atomic E-state index is 0.00593. The van der Waals surface area contributed by atoms with Crippen LogP contribution in [0.1, 0.15) is 29.8 Å². The van der Waals surface area contributed by atoms with Gasteiger partial charge in [-0.05, 0) is 39.0 Å². The largest absolute Gasteiger partial charge is 0.493 e. The Balaban J connectivity index is 1.56. The summed E-state index contributed by atoms with van der Waals surface area (Å²) in [7, 11) is 0. The van der Waals surface area contributed by atoms with Crippen molar-refractivity contribution in [1.29, 1.82) is 0 Å². The summed E-state index contributed by atoms with van der Waals surface area (Å²) in [6.07, 6.45) is -1.67. The minimum atomic E-state index is -4.66. The monoisotopic (exact) mass is 513 g/mol. The maximum atomic E-state index is 13.5. The van der Waals surface area contributed by atoms with Gasteiger partial charge >= 0.3 is 12.2 Å². The van der Waals surface area contributed by atoms with Crippen LogP contribution in [0, 0.1) is 20.8 Å². The van der Waals surface area contributed by atoms with Gasteiger partial charge in [-0.25, -0.2) is 14.8 Å². The number of ether oxygens (including phenoxy) is 1. The molecule has 3 heterocycles. The SMILES string of the molecule is CCOc1cc(C)ncc1-c1ncc(NC(=O)Nc2cc(-c3nnc(C)o3)cc(C(F)(F)F)c2)c(C)n1. The van der Waals surface area contributed by atoms with Crippen LogP contribution in [0.25, 0.3) is 22.8 Å². The van der Waals surface area contributed by atoms with Gasteiger partial charge in [0.05, 0.1) is 35.3 Å². The number of hydrogen-bond acceptors (Lipinski definition) is 8. The molecule has 1 aromatic carbocycles. The third-order valence-electron chi connectivity index (χ3n) is 5.06. The van der Waals surface area contributed by atoms with E-state index < -0.39 is 17.8 Å². The molecule has 4 rings (SSSR count). The first kappa shape index (κ1) is 25.5. The van der Waals surface area contributed by atoms with Gasteiger partial charge in [0.2, 0.25) is 11.8 Å². The van der Waals surface area contributed by atoms with Crippen LogP contribution in [0.15, 0.2) is 41.1 Å². The number of aromatic nitrogens is 5. The standard InChI is InChI=1S/C24H22F3N7O3/c1-5-36-20-6-12(2)28-10-18(20)21-29-11-19(13(3)30-21)32-23(35)31-17-8-15(22-34-33-14(4)37-22)7-16(9-17)24(25,26)27/h6-11H,5H2,1-4H3,(H2,31,32,35). The van der Waals surface area contributed by atoms with Crippen molar-refractivity contribution in [2.24, 2.45) is 0 Å². The molecule has 0 saturated carbocycles. The molecule has 0 aliphatic carbocycles. The van der Waals surface area contributed by atoms with Crippen molar-refractivity contribution in [3.63, 3.8) is 0 Å². The van der Waals surface area contributed by atoms with Crippen LogP contribution in [-0.4, -0.2) is 37.8 Å². The molecular formula is C24H22F3N7O3. The number of nitrogens with zero attached hydrogens (tertiary/aromatic N) is 5. The molecule has 37 heavy (non-hydrogen) atoms. The fourth-order valence-corrected chi connectivity index (χ4v) is 3.38. The lowest BCUT2D eigenvalue weighted by Crippen LogP contribution is -2.21. The van der Waals surface area contributed by atoms with Crippen LogP contribution < -0.4 is 15.4 Å². The molecule has 0 unspecified atom stereocenters. The number of urea groups is 1. The van der Waals surface area contributed by atoms with Gasteiger partial charge in [0.15, 0.2) is 5.82 Å². The lowest BCUT2D eigenvalue weighted by Gasteiger charge is -2.14. The van der Waals surface area contributed by atoms with E-state index >= 15 is 0 Å². The highest BCUT2D eigenvalue weighted by Gasteiger charge is 2.32. The number of nitrogens with one attached hydrogen (secondary N) is 2. The van der Waals surface area contributed by atoms with Gasteiger partial charge in [-0.2, -0.15) is 13.2 Å². The summed E-state index contributed by atoms with van der Waals surface area (Å²) in [5.41, 5.74) is 0.932. The van der Waals surface area contributed by atoms with Crippen LogP contribution in [-0.2, 0) is 6.18 Å². The van der Waals surface area contributed by atoms with Crippen molar-refractivity contribution in [1.82, 2.24) is 25.1 Å². The van der Waals surface area contributed by atoms with E-state index in [1.807, 2.05) is 13.8 Å². The van der Waals surface area contributed by atoms with Gasteiger partial charge in [-0.3, -0.25) is 4.98 Å². The fourth-order valence-electron chi connectivity index (χ4n) is 3.38. The van der Waals surface area contributed by atoms with E-state index in [2.05, 4.69) is 35.8 Å². The highest BCUT2D eigenvalue weighted by Crippen LogP contribution is 2.35. The Labute approximate surface area is 209 Å². The molecule has 0 aliphatic rings. The first-order valence-corrected chi connectivity index (χ1v) is 11.1. The predicted octanol–water partition coefficient (Wildman–Crippen LogP) is 5.58. The Kier molecular flexibility index (Phi) is 7.05. The number of carbonyl (C=O) groups excluding carboxylic acids is 1. The van der Waals surface area contributed by atoms with E-state index in [1.54, 1.807) is 19.2 Å². The molecule has 0 aliphatic heterocycles. The molecule has 2 amide bonds. The Morgan fingerprint density at radius 1 is 1.03 bits per heavy atom. The number of anilines is 2. The fraction of sp³-hybridized carbons (Fsp3) is 0.250. The first-order valence-electron chi connectivity index (χ1n) is 11.1. The zero-order valence-corrected chi connectivity index (χ0v) is 20.3. The molecule has 0 atom stereocenters. The maximum Gasteiger partial charge on any atom is 0.416 e. The van der Waals surface area contributed by atoms with Gasteiger partial charge in [0, 0.05) is 36.1 Å². The molecule has 0 spiro atoms. The number of pyridine rings is 1. The minimum Gasteiger partial charge on any atom is -0.493 e. The summed E-state index contributed by atoms with van der Waals surface area (Å²) in [5.74, 6) is 0.999. The first-order chi connectivity index (χ1) is 17.5. The van der Waals surface area contributed by atoms with E-state index in [0.717, 1.165) is 17.8 Å². The van der Waals surface area contributed by atoms with Crippen molar-refractivity contribution in [3.8, 4) is 28.6 Å². The second-order valence-electron chi connectivity index (χ2n) is 7.95. The highest BCUT2D eigenvalue weighted by molar-refractivity contribution is 6.00. The third kappa shape index (κ3) is 6.00. The molecule has 13 heteroatoms. The highest BCUT2D eigenvalue weighted by atomic mass is 19.4. The smallest absolute Gasteiger partial charge is 0.416 e. The van der Waals surface area contributed by atoms with Crippen LogP contribution in [0.2, 0.25) is 0 Å². The lowest BCUT2D eigenvalue weighted by molar-refractivity contribution is -0.137. The van der Waals surface area contributed by atoms with Crippen LogP contribution in [0.5, 0.6) is 5.75 Å². The van der Waals surface area contributed by atoms with Gasteiger partial charge in [0.1, 0.15) is 5.75 Å². The summed E-state index contributed by atoms with van der Waals surface area (Å²) >= 11 is 0. The number of alkyl halides is 3. The number of rotatable bonds is 6. The van der Waals surface area contributed by atoms with Gasteiger partial charge in [0.25, 0.3) is 0 Å². The molecule has 0 bridgehead atoms. The molecule has 2 N–H and O–H groups in total. The number of benzene rings is 1. The second-order valence-corrected chi connectivity index (χ2v) is 7.95. The molecule has 0 fully saturated rings. The lowest BCUT2D eigenvalue weighted by atomic mass is 10.1. The van der Waals surface area contributed by atoms with E-state index in [4.69, 9.17) is 9.15 Å². The molecule has 192 valence electrons. The van der Waals surface area contributed by atoms with E-state index in [0.29, 0.717) is 29.4 Å². The number of aryl methyl sites for hydroxylation is 3. The van der Waals surface area contributed by atoms with Gasteiger partial charge in [-0.15, -0.1) is 10.2 Å². The summed E-state index contributed by atoms with van der Waals surface area (Å²) < 4.78 is 51.3. The number of hydrogen-bond donors (Lipinski definition) is 2. The average molecular weight is 513 g/mol. The zero-order chi connectivity index (χ0) is 26.7. The van der Waals surface area contributed by atoms with Crippen molar-refractivity contribution >= 4 is 17.4 Å². The second kappa shape index (κ2) is 10.2. The van der Waals surface area contributed by atoms with Gasteiger partial charge < -0.3 is 19.8 Å². The summed E-state index contributed by atoms with van der Waals surface area (Å²) in [6.45, 7) is 7.30. The van der Waals surface area contributed by atoms with Crippen LogP contribution in [0.3, 0.4) is 0 Å². The number of amides is 2. The summed E-state index contributed by atoms with van der Waals surface area (Å²) in [6, 6.07) is 3.95. The topological polar surface area (TPSA) is 128 Å². The zero-order valence-electron chi connectivity index (χ0n) is 20.3. The molecular weight excluding hydrogens is 491 g/mol. The maximum absolute atomic E-state index is 13.5. The van der Waals surface area contributed by atoms with Crippen LogP contribution in [0.4, 0.5) is 29.3 Å². The normalized spacial score (nSPS) is 11.3. The molecule has 4 aromatic rings. The van der Waals surface area contributed by atoms with E-state index in [9.17, 15) is 18.0 Å². The molecule has 0 saturated heterocycles. The number of halogens is 3. The molecule has 10 nitrogen and oxygen atoms in total. The van der Waals surface area contributed by atoms with Crippen molar-refractivity contribution in [3.05, 3.63) is 59.5 Å². The Morgan fingerprint density at radius 2 is 1.81 bits per heavy atom. The third-order valence-corrected chi connectivity index (χ3v) is 5.06. The Bertz CT molecular complexity index is 1450. The number of carbonyl (C=O) groups is 1. The van der Waals surface area contributed by atoms with Crippen molar-refractivity contribution < 1.29 is 27.1 Å². The van der Waals surface area contributed by atoms with Crippen LogP contribution >= 0.6 is 0 Å². The predicted molar refractivity (Wildman–Crippen MR) is 128 cm³/mol. The summed E-state index contributed by atoms with van der Waals surface area (Å²) in [4.78, 5) is 25.6. The summed E-state index contributed by atoms with van der Waals surface area (Å²) in [5, 5.41) is 12.3. The Morgan fingerprint density at radius 3 is 2.46 bits per heavy atom. The molecule has 0 radical (unpaired) electrons. The van der Waals surface area contributed by atoms with Gasteiger partial charge in [-0.1, -0.05) is 0 Å². The average Bonchev–Trinajstić information content (AvgIpc) is 3.26. The van der Waals surface area contributed by atoms with E-state index in [1.165, 1.54) is 19.2 Å². The molecule has 3 aromatic heterocycles. The Hall–Kier alpha value is -4.55. The quantitative estimate of drug-likeness (QED) is 0.342.